The van der Waals surface area contributed by atoms with E-state index in [9.17, 15) is 9.90 Å². The van der Waals surface area contributed by atoms with E-state index < -0.39 is 5.60 Å². The highest BCUT2D eigenvalue weighted by molar-refractivity contribution is 6.35. The average Bonchev–Trinajstić information content (AvgIpc) is 2.99. The summed E-state index contributed by atoms with van der Waals surface area (Å²) in [4.78, 5) is 11.9. The molecule has 4 nitrogen and oxygen atoms in total. The number of halogens is 2. The highest BCUT2D eigenvalue weighted by atomic mass is 35.5. The molecule has 2 rings (SSSR count). The molecule has 0 aliphatic heterocycles. The molecule has 1 amide bonds. The van der Waals surface area contributed by atoms with Crippen molar-refractivity contribution in [2.45, 2.75) is 25.4 Å². The number of amides is 1. The van der Waals surface area contributed by atoms with Crippen molar-refractivity contribution < 1.29 is 14.3 Å². The van der Waals surface area contributed by atoms with Gasteiger partial charge >= 0.3 is 0 Å². The van der Waals surface area contributed by atoms with Crippen molar-refractivity contribution >= 4 is 29.1 Å². The zero-order valence-corrected chi connectivity index (χ0v) is 13.6. The van der Waals surface area contributed by atoms with Crippen molar-refractivity contribution in [3.05, 3.63) is 58.0 Å². The standard InChI is InChI=1S/C16H17Cl2NO3/c1-16(21,14-3-2-8-22-14)10-19-15(20)7-5-11-4-6-12(17)9-13(11)18/h2-4,6,8-9,21H,5,7,10H2,1H3,(H,19,20). The van der Waals surface area contributed by atoms with Crippen LogP contribution in [0.1, 0.15) is 24.7 Å². The largest absolute Gasteiger partial charge is 0.466 e. The minimum atomic E-state index is -1.24. The Bertz CT molecular complexity index is 639. The Kier molecular flexibility index (Phi) is 5.51. The Balaban J connectivity index is 1.83. The lowest BCUT2D eigenvalue weighted by molar-refractivity contribution is -0.122. The lowest BCUT2D eigenvalue weighted by atomic mass is 10.0. The number of rotatable bonds is 6. The van der Waals surface area contributed by atoms with Gasteiger partial charge in [-0.15, -0.1) is 0 Å². The second-order valence-electron chi connectivity index (χ2n) is 5.26. The van der Waals surface area contributed by atoms with Crippen LogP contribution in [0.3, 0.4) is 0 Å². The lowest BCUT2D eigenvalue weighted by Crippen LogP contribution is -2.38. The number of aliphatic hydroxyl groups is 1. The predicted molar refractivity (Wildman–Crippen MR) is 86.1 cm³/mol. The molecule has 2 N–H and O–H groups in total. The van der Waals surface area contributed by atoms with E-state index in [1.54, 1.807) is 37.3 Å². The van der Waals surface area contributed by atoms with Crippen LogP contribution in [-0.4, -0.2) is 17.6 Å². The molecule has 0 radical (unpaired) electrons. The van der Waals surface area contributed by atoms with Crippen molar-refractivity contribution in [1.29, 1.82) is 0 Å². The Morgan fingerprint density at radius 1 is 1.36 bits per heavy atom. The molecule has 1 heterocycles. The minimum Gasteiger partial charge on any atom is -0.466 e. The smallest absolute Gasteiger partial charge is 0.220 e. The molecule has 0 bridgehead atoms. The molecule has 22 heavy (non-hydrogen) atoms. The highest BCUT2D eigenvalue weighted by Gasteiger charge is 2.26. The monoisotopic (exact) mass is 341 g/mol. The van der Waals surface area contributed by atoms with Crippen molar-refractivity contribution in [3.63, 3.8) is 0 Å². The molecule has 118 valence electrons. The fourth-order valence-electron chi connectivity index (χ4n) is 2.00. The number of aryl methyl sites for hydroxylation is 1. The van der Waals surface area contributed by atoms with E-state index in [2.05, 4.69) is 5.32 Å². The van der Waals surface area contributed by atoms with Crippen LogP contribution in [0, 0.1) is 0 Å². The van der Waals surface area contributed by atoms with E-state index in [0.717, 1.165) is 5.56 Å². The normalized spacial score (nSPS) is 13.6. The summed E-state index contributed by atoms with van der Waals surface area (Å²) in [6, 6.07) is 8.55. The molecule has 0 aliphatic carbocycles. The summed E-state index contributed by atoms with van der Waals surface area (Å²) in [5.74, 6) is 0.242. The number of furan rings is 1. The van der Waals surface area contributed by atoms with Gasteiger partial charge in [-0.05, 0) is 43.2 Å². The van der Waals surface area contributed by atoms with Gasteiger partial charge in [-0.1, -0.05) is 29.3 Å². The first-order chi connectivity index (χ1) is 10.4. The molecule has 1 aromatic heterocycles. The highest BCUT2D eigenvalue weighted by Crippen LogP contribution is 2.22. The van der Waals surface area contributed by atoms with E-state index in [1.165, 1.54) is 6.26 Å². The average molecular weight is 342 g/mol. The number of hydrogen-bond donors (Lipinski definition) is 2. The van der Waals surface area contributed by atoms with Gasteiger partial charge in [0.15, 0.2) is 0 Å². The van der Waals surface area contributed by atoms with E-state index in [1.807, 2.05) is 0 Å². The van der Waals surface area contributed by atoms with Crippen LogP contribution in [0.15, 0.2) is 41.0 Å². The fourth-order valence-corrected chi connectivity index (χ4v) is 2.51. The van der Waals surface area contributed by atoms with Gasteiger partial charge in [-0.25, -0.2) is 0 Å². The van der Waals surface area contributed by atoms with Crippen LogP contribution in [0.4, 0.5) is 0 Å². The number of hydrogen-bond acceptors (Lipinski definition) is 3. The molecule has 0 saturated heterocycles. The van der Waals surface area contributed by atoms with Crippen LogP contribution in [0.5, 0.6) is 0 Å². The van der Waals surface area contributed by atoms with Gasteiger partial charge in [0.2, 0.25) is 5.91 Å². The van der Waals surface area contributed by atoms with Crippen LogP contribution in [0.25, 0.3) is 0 Å². The summed E-state index contributed by atoms with van der Waals surface area (Å²) in [7, 11) is 0. The van der Waals surface area contributed by atoms with Gasteiger partial charge in [-0.2, -0.15) is 0 Å². The zero-order chi connectivity index (χ0) is 16.2. The lowest BCUT2D eigenvalue weighted by Gasteiger charge is -2.21. The Morgan fingerprint density at radius 3 is 2.77 bits per heavy atom. The second-order valence-corrected chi connectivity index (χ2v) is 6.11. The van der Waals surface area contributed by atoms with E-state index in [-0.39, 0.29) is 18.9 Å². The minimum absolute atomic E-state index is 0.0771. The van der Waals surface area contributed by atoms with Gasteiger partial charge in [0.1, 0.15) is 11.4 Å². The molecular formula is C16H17Cl2NO3. The molecular weight excluding hydrogens is 325 g/mol. The van der Waals surface area contributed by atoms with Crippen LogP contribution >= 0.6 is 23.2 Å². The third-order valence-electron chi connectivity index (χ3n) is 3.32. The molecule has 0 spiro atoms. The van der Waals surface area contributed by atoms with Crippen LogP contribution < -0.4 is 5.32 Å². The summed E-state index contributed by atoms with van der Waals surface area (Å²) in [6.45, 7) is 1.66. The Morgan fingerprint density at radius 2 is 2.14 bits per heavy atom. The van der Waals surface area contributed by atoms with Crippen molar-refractivity contribution in [1.82, 2.24) is 5.32 Å². The molecule has 1 atom stereocenters. The number of nitrogens with one attached hydrogen (secondary N) is 1. The summed E-state index contributed by atoms with van der Waals surface area (Å²) >= 11 is 11.9. The first kappa shape index (κ1) is 16.9. The summed E-state index contributed by atoms with van der Waals surface area (Å²) in [5.41, 5.74) is -0.379. The van der Waals surface area contributed by atoms with Gasteiger partial charge < -0.3 is 14.8 Å². The maximum Gasteiger partial charge on any atom is 0.220 e. The maximum absolute atomic E-state index is 11.9. The number of carbonyl (C=O) groups is 1. The van der Waals surface area contributed by atoms with Crippen molar-refractivity contribution in [3.8, 4) is 0 Å². The van der Waals surface area contributed by atoms with Gasteiger partial charge in [0, 0.05) is 16.5 Å². The topological polar surface area (TPSA) is 62.5 Å². The maximum atomic E-state index is 11.9. The molecule has 1 unspecified atom stereocenters. The molecule has 0 aliphatic rings. The second kappa shape index (κ2) is 7.18. The van der Waals surface area contributed by atoms with Gasteiger partial charge in [-0.3, -0.25) is 4.79 Å². The van der Waals surface area contributed by atoms with Crippen molar-refractivity contribution in [2.75, 3.05) is 6.54 Å². The number of carbonyl (C=O) groups excluding carboxylic acids is 1. The zero-order valence-electron chi connectivity index (χ0n) is 12.1. The Hall–Kier alpha value is -1.49. The van der Waals surface area contributed by atoms with Gasteiger partial charge in [0.05, 0.1) is 12.8 Å². The van der Waals surface area contributed by atoms with E-state index >= 15 is 0 Å². The quantitative estimate of drug-likeness (QED) is 0.844. The van der Waals surface area contributed by atoms with Crippen LogP contribution in [0.2, 0.25) is 10.0 Å². The molecule has 6 heteroatoms. The first-order valence-corrected chi connectivity index (χ1v) is 7.61. The predicted octanol–water partition coefficient (Wildman–Crippen LogP) is 3.54. The van der Waals surface area contributed by atoms with Gasteiger partial charge in [0.25, 0.3) is 0 Å². The molecule has 2 aromatic rings. The fraction of sp³-hybridized carbons (Fsp3) is 0.312. The third kappa shape index (κ3) is 4.50. The SMILES string of the molecule is CC(O)(CNC(=O)CCc1ccc(Cl)cc1Cl)c1ccco1. The third-order valence-corrected chi connectivity index (χ3v) is 3.91. The summed E-state index contributed by atoms with van der Waals surface area (Å²) in [6.07, 6.45) is 2.26. The van der Waals surface area contributed by atoms with Crippen LogP contribution in [-0.2, 0) is 16.8 Å². The first-order valence-electron chi connectivity index (χ1n) is 6.85. The number of benzene rings is 1. The molecule has 1 aromatic carbocycles. The summed E-state index contributed by atoms with van der Waals surface area (Å²) < 4.78 is 5.16. The van der Waals surface area contributed by atoms with Crippen molar-refractivity contribution in [2.24, 2.45) is 0 Å². The Labute approximate surface area is 139 Å². The molecule has 0 fully saturated rings. The molecule has 0 saturated carbocycles. The van der Waals surface area contributed by atoms with E-state index in [0.29, 0.717) is 22.2 Å². The summed E-state index contributed by atoms with van der Waals surface area (Å²) in [5, 5.41) is 14.0. The van der Waals surface area contributed by atoms with E-state index in [4.69, 9.17) is 27.6 Å².